The van der Waals surface area contributed by atoms with Gasteiger partial charge in [0.1, 0.15) is 0 Å². The van der Waals surface area contributed by atoms with Crippen LogP contribution in [0.3, 0.4) is 0 Å². The lowest BCUT2D eigenvalue weighted by Gasteiger charge is -2.13. The van der Waals surface area contributed by atoms with E-state index < -0.39 is 5.97 Å². The van der Waals surface area contributed by atoms with Crippen molar-refractivity contribution in [3.8, 4) is 11.1 Å². The summed E-state index contributed by atoms with van der Waals surface area (Å²) in [7, 11) is 3.95. The van der Waals surface area contributed by atoms with Crippen LogP contribution in [0, 0.1) is 0 Å². The summed E-state index contributed by atoms with van der Waals surface area (Å²) in [6, 6.07) is 25.7. The molecule has 0 aliphatic rings. The van der Waals surface area contributed by atoms with Crippen molar-refractivity contribution in [1.82, 2.24) is 5.32 Å². The number of carbonyl (C=O) groups is 2. The van der Waals surface area contributed by atoms with Gasteiger partial charge in [0.25, 0.3) is 5.91 Å². The number of rotatable bonds is 8. The van der Waals surface area contributed by atoms with Crippen molar-refractivity contribution in [3.05, 3.63) is 90.0 Å². The number of hydrogen-bond donors (Lipinski definition) is 1. The Labute approximate surface area is 177 Å². The third kappa shape index (κ3) is 6.21. The molecule has 0 atom stereocenters. The second kappa shape index (κ2) is 10.3. The van der Waals surface area contributed by atoms with E-state index in [4.69, 9.17) is 4.74 Å². The molecular weight excluding hydrogens is 376 g/mol. The number of hydrogen-bond acceptors (Lipinski definition) is 4. The van der Waals surface area contributed by atoms with Gasteiger partial charge in [-0.1, -0.05) is 66.7 Å². The van der Waals surface area contributed by atoms with E-state index in [0.29, 0.717) is 6.54 Å². The standard InChI is InChI=1S/C25H26N2O3/c1-27(2)23-14-10-20(11-15-23)17-26-24(28)18-30-25(29)16-19-8-12-22(13-9-19)21-6-4-3-5-7-21/h3-15H,16-18H2,1-2H3,(H,26,28). The smallest absolute Gasteiger partial charge is 0.310 e. The van der Waals surface area contributed by atoms with Gasteiger partial charge in [0.15, 0.2) is 6.61 Å². The van der Waals surface area contributed by atoms with Gasteiger partial charge in [-0.2, -0.15) is 0 Å². The summed E-state index contributed by atoms with van der Waals surface area (Å²) in [6.07, 6.45) is 0.133. The highest BCUT2D eigenvalue weighted by Crippen LogP contribution is 2.19. The second-order valence-corrected chi connectivity index (χ2v) is 7.24. The monoisotopic (exact) mass is 402 g/mol. The van der Waals surface area contributed by atoms with Gasteiger partial charge in [0, 0.05) is 26.3 Å². The lowest BCUT2D eigenvalue weighted by atomic mass is 10.0. The SMILES string of the molecule is CN(C)c1ccc(CNC(=O)COC(=O)Cc2ccc(-c3ccccc3)cc2)cc1. The molecule has 0 spiro atoms. The number of amides is 1. The maximum atomic E-state index is 12.0. The quantitative estimate of drug-likeness (QED) is 0.582. The first kappa shape index (κ1) is 21.1. The molecule has 0 aliphatic carbocycles. The summed E-state index contributed by atoms with van der Waals surface area (Å²) in [5, 5.41) is 2.76. The van der Waals surface area contributed by atoms with Crippen molar-refractivity contribution < 1.29 is 14.3 Å². The van der Waals surface area contributed by atoms with Crippen LogP contribution in [0.1, 0.15) is 11.1 Å². The van der Waals surface area contributed by atoms with Crippen molar-refractivity contribution >= 4 is 17.6 Å². The van der Waals surface area contributed by atoms with Gasteiger partial charge in [-0.3, -0.25) is 9.59 Å². The number of esters is 1. The maximum Gasteiger partial charge on any atom is 0.310 e. The van der Waals surface area contributed by atoms with Crippen LogP contribution in [0.4, 0.5) is 5.69 Å². The zero-order valence-corrected chi connectivity index (χ0v) is 17.3. The topological polar surface area (TPSA) is 58.6 Å². The van der Waals surface area contributed by atoms with E-state index in [2.05, 4.69) is 5.32 Å². The van der Waals surface area contributed by atoms with E-state index >= 15 is 0 Å². The van der Waals surface area contributed by atoms with Crippen LogP contribution < -0.4 is 10.2 Å². The number of ether oxygens (including phenoxy) is 1. The van der Waals surface area contributed by atoms with Crippen LogP contribution in [0.5, 0.6) is 0 Å². The Morgan fingerprint density at radius 3 is 2.03 bits per heavy atom. The number of nitrogens with zero attached hydrogens (tertiary/aromatic N) is 1. The van der Waals surface area contributed by atoms with E-state index in [0.717, 1.165) is 27.9 Å². The molecule has 0 bridgehead atoms. The summed E-state index contributed by atoms with van der Waals surface area (Å²) in [5.41, 5.74) is 5.14. The van der Waals surface area contributed by atoms with Crippen molar-refractivity contribution in [2.24, 2.45) is 0 Å². The van der Waals surface area contributed by atoms with Gasteiger partial charge in [0.05, 0.1) is 6.42 Å². The average molecular weight is 402 g/mol. The summed E-state index contributed by atoms with van der Waals surface area (Å²) < 4.78 is 5.10. The van der Waals surface area contributed by atoms with Gasteiger partial charge in [0.2, 0.25) is 0 Å². The normalized spacial score (nSPS) is 10.3. The molecule has 0 radical (unpaired) electrons. The Hall–Kier alpha value is -3.60. The third-order valence-electron chi connectivity index (χ3n) is 4.72. The number of nitrogens with one attached hydrogen (secondary N) is 1. The minimum atomic E-state index is -0.423. The van der Waals surface area contributed by atoms with E-state index in [9.17, 15) is 9.59 Å². The number of anilines is 1. The highest BCUT2D eigenvalue weighted by atomic mass is 16.5. The Kier molecular flexibility index (Phi) is 7.22. The molecule has 30 heavy (non-hydrogen) atoms. The molecule has 0 fully saturated rings. The molecular formula is C25H26N2O3. The summed E-state index contributed by atoms with van der Waals surface area (Å²) in [4.78, 5) is 26.0. The van der Waals surface area contributed by atoms with Crippen LogP contribution >= 0.6 is 0 Å². The Bertz CT molecular complexity index is 966. The minimum Gasteiger partial charge on any atom is -0.455 e. The maximum absolute atomic E-state index is 12.0. The lowest BCUT2D eigenvalue weighted by Crippen LogP contribution is -2.28. The van der Waals surface area contributed by atoms with Crippen LogP contribution in [0.15, 0.2) is 78.9 Å². The van der Waals surface area contributed by atoms with Crippen molar-refractivity contribution in [3.63, 3.8) is 0 Å². The predicted molar refractivity (Wildman–Crippen MR) is 119 cm³/mol. The third-order valence-corrected chi connectivity index (χ3v) is 4.72. The Balaban J connectivity index is 1.41. The summed E-state index contributed by atoms with van der Waals surface area (Å²) in [5.74, 6) is -0.743. The van der Waals surface area contributed by atoms with Gasteiger partial charge >= 0.3 is 5.97 Å². The molecule has 3 aromatic carbocycles. The fourth-order valence-electron chi connectivity index (χ4n) is 2.97. The number of benzene rings is 3. The molecule has 0 saturated carbocycles. The lowest BCUT2D eigenvalue weighted by molar-refractivity contribution is -0.147. The van der Waals surface area contributed by atoms with E-state index in [-0.39, 0.29) is 18.9 Å². The van der Waals surface area contributed by atoms with E-state index in [1.54, 1.807) is 0 Å². The molecule has 1 N–H and O–H groups in total. The first-order chi connectivity index (χ1) is 14.5. The van der Waals surface area contributed by atoms with Gasteiger partial charge in [-0.15, -0.1) is 0 Å². The molecule has 3 aromatic rings. The van der Waals surface area contributed by atoms with Gasteiger partial charge in [-0.25, -0.2) is 0 Å². The highest BCUT2D eigenvalue weighted by Gasteiger charge is 2.09. The molecule has 0 aromatic heterocycles. The Morgan fingerprint density at radius 2 is 1.40 bits per heavy atom. The predicted octanol–water partition coefficient (Wildman–Crippen LogP) is 3.82. The number of carbonyl (C=O) groups excluding carboxylic acids is 2. The van der Waals surface area contributed by atoms with Crippen LogP contribution in [-0.4, -0.2) is 32.6 Å². The zero-order valence-electron chi connectivity index (χ0n) is 17.3. The molecule has 3 rings (SSSR count). The summed E-state index contributed by atoms with van der Waals surface area (Å²) in [6.45, 7) is 0.113. The largest absolute Gasteiger partial charge is 0.455 e. The zero-order chi connectivity index (χ0) is 21.3. The first-order valence-electron chi connectivity index (χ1n) is 9.84. The Morgan fingerprint density at radius 1 is 0.800 bits per heavy atom. The van der Waals surface area contributed by atoms with Crippen LogP contribution in [-0.2, 0) is 27.3 Å². The molecule has 0 unspecified atom stereocenters. The van der Waals surface area contributed by atoms with Gasteiger partial charge < -0.3 is 15.0 Å². The summed E-state index contributed by atoms with van der Waals surface area (Å²) >= 11 is 0. The molecule has 154 valence electrons. The van der Waals surface area contributed by atoms with Crippen LogP contribution in [0.2, 0.25) is 0 Å². The minimum absolute atomic E-state index is 0.133. The highest BCUT2D eigenvalue weighted by molar-refractivity contribution is 5.81. The van der Waals surface area contributed by atoms with Crippen molar-refractivity contribution in [2.45, 2.75) is 13.0 Å². The fourth-order valence-corrected chi connectivity index (χ4v) is 2.97. The fraction of sp³-hybridized carbons (Fsp3) is 0.200. The van der Waals surface area contributed by atoms with E-state index in [1.807, 2.05) is 97.9 Å². The van der Waals surface area contributed by atoms with Crippen molar-refractivity contribution in [2.75, 3.05) is 25.6 Å². The van der Waals surface area contributed by atoms with Crippen molar-refractivity contribution in [1.29, 1.82) is 0 Å². The average Bonchev–Trinajstić information content (AvgIpc) is 2.77. The second-order valence-electron chi connectivity index (χ2n) is 7.24. The molecule has 0 heterocycles. The molecule has 1 amide bonds. The molecule has 0 aliphatic heterocycles. The molecule has 0 saturated heterocycles. The first-order valence-corrected chi connectivity index (χ1v) is 9.84. The molecule has 5 heteroatoms. The van der Waals surface area contributed by atoms with Crippen LogP contribution in [0.25, 0.3) is 11.1 Å². The molecule has 5 nitrogen and oxygen atoms in total. The van der Waals surface area contributed by atoms with E-state index in [1.165, 1.54) is 0 Å². The van der Waals surface area contributed by atoms with Gasteiger partial charge in [-0.05, 0) is 34.4 Å².